The second kappa shape index (κ2) is 6.02. The van der Waals surface area contributed by atoms with Crippen molar-refractivity contribution in [3.05, 3.63) is 24.0 Å². The zero-order valence-electron chi connectivity index (χ0n) is 11.4. The predicted molar refractivity (Wildman–Crippen MR) is 73.0 cm³/mol. The standard InChI is InChI=1S/C14H21N3O2/c1-9(2)19-12-4-3-7-16-13(12)14(18)17-8-11(15)10-5-6-10/h3-4,7,9-11H,5-6,8,15H2,1-2H3,(H,17,18). The Labute approximate surface area is 113 Å². The van der Waals surface area contributed by atoms with E-state index in [4.69, 9.17) is 10.5 Å². The molecule has 5 heteroatoms. The van der Waals surface area contributed by atoms with E-state index in [0.29, 0.717) is 23.9 Å². The monoisotopic (exact) mass is 263 g/mol. The first-order chi connectivity index (χ1) is 9.08. The molecule has 1 fully saturated rings. The lowest BCUT2D eigenvalue weighted by molar-refractivity contribution is 0.0939. The molecule has 5 nitrogen and oxygen atoms in total. The van der Waals surface area contributed by atoms with Gasteiger partial charge in [0.15, 0.2) is 11.4 Å². The lowest BCUT2D eigenvalue weighted by atomic mass is 10.2. The summed E-state index contributed by atoms with van der Waals surface area (Å²) in [6, 6.07) is 3.55. The number of ether oxygens (including phenoxy) is 1. The Morgan fingerprint density at radius 3 is 2.95 bits per heavy atom. The second-order valence-corrected chi connectivity index (χ2v) is 5.23. The summed E-state index contributed by atoms with van der Waals surface area (Å²) in [4.78, 5) is 16.2. The number of carbonyl (C=O) groups excluding carboxylic acids is 1. The maximum atomic E-state index is 12.1. The fourth-order valence-corrected chi connectivity index (χ4v) is 1.90. The molecular weight excluding hydrogens is 242 g/mol. The molecule has 1 heterocycles. The highest BCUT2D eigenvalue weighted by Gasteiger charge is 2.28. The lowest BCUT2D eigenvalue weighted by Gasteiger charge is -2.14. The number of hydrogen-bond acceptors (Lipinski definition) is 4. The number of hydrogen-bond donors (Lipinski definition) is 2. The van der Waals surface area contributed by atoms with Crippen LogP contribution in [0, 0.1) is 5.92 Å². The largest absolute Gasteiger partial charge is 0.489 e. The topological polar surface area (TPSA) is 77.2 Å². The van der Waals surface area contributed by atoms with E-state index in [1.54, 1.807) is 18.3 Å². The van der Waals surface area contributed by atoms with Gasteiger partial charge in [-0.1, -0.05) is 0 Å². The van der Waals surface area contributed by atoms with Crippen LogP contribution in [0.3, 0.4) is 0 Å². The van der Waals surface area contributed by atoms with E-state index in [-0.39, 0.29) is 18.1 Å². The first-order valence-corrected chi connectivity index (χ1v) is 6.73. The Morgan fingerprint density at radius 1 is 1.58 bits per heavy atom. The Kier molecular flexibility index (Phi) is 4.37. The van der Waals surface area contributed by atoms with Gasteiger partial charge in [0.05, 0.1) is 6.10 Å². The summed E-state index contributed by atoms with van der Waals surface area (Å²) >= 11 is 0. The van der Waals surface area contributed by atoms with Gasteiger partial charge in [0.2, 0.25) is 0 Å². The SMILES string of the molecule is CC(C)Oc1cccnc1C(=O)NCC(N)C1CC1. The average Bonchev–Trinajstić information content (AvgIpc) is 3.19. The number of nitrogens with two attached hydrogens (primary N) is 1. The van der Waals surface area contributed by atoms with Crippen LogP contribution in [0.1, 0.15) is 37.2 Å². The molecule has 0 saturated heterocycles. The highest BCUT2D eigenvalue weighted by atomic mass is 16.5. The number of nitrogens with one attached hydrogen (secondary N) is 1. The summed E-state index contributed by atoms with van der Waals surface area (Å²) in [6.45, 7) is 4.32. The minimum Gasteiger partial charge on any atom is -0.489 e. The Hall–Kier alpha value is -1.62. The fourth-order valence-electron chi connectivity index (χ4n) is 1.90. The van der Waals surface area contributed by atoms with Gasteiger partial charge < -0.3 is 15.8 Å². The third kappa shape index (κ3) is 3.92. The van der Waals surface area contributed by atoms with Crippen molar-refractivity contribution in [3.63, 3.8) is 0 Å². The van der Waals surface area contributed by atoms with Crippen molar-refractivity contribution in [1.29, 1.82) is 0 Å². The van der Waals surface area contributed by atoms with Crippen molar-refractivity contribution in [2.45, 2.75) is 38.8 Å². The van der Waals surface area contributed by atoms with Crippen LogP contribution in [-0.2, 0) is 0 Å². The molecule has 1 amide bonds. The number of rotatable bonds is 6. The molecule has 1 atom stereocenters. The molecule has 0 aliphatic heterocycles. The van der Waals surface area contributed by atoms with E-state index < -0.39 is 0 Å². The first-order valence-electron chi connectivity index (χ1n) is 6.73. The summed E-state index contributed by atoms with van der Waals surface area (Å²) in [5.74, 6) is 0.845. The molecule has 19 heavy (non-hydrogen) atoms. The zero-order chi connectivity index (χ0) is 13.8. The van der Waals surface area contributed by atoms with Crippen LogP contribution in [0.15, 0.2) is 18.3 Å². The predicted octanol–water partition coefficient (Wildman–Crippen LogP) is 1.34. The third-order valence-corrected chi connectivity index (χ3v) is 3.07. The Morgan fingerprint density at radius 2 is 2.32 bits per heavy atom. The maximum absolute atomic E-state index is 12.1. The highest BCUT2D eigenvalue weighted by molar-refractivity contribution is 5.94. The Balaban J connectivity index is 1.97. The molecule has 0 aromatic carbocycles. The van der Waals surface area contributed by atoms with Gasteiger partial charge in [0, 0.05) is 18.8 Å². The van der Waals surface area contributed by atoms with Crippen LogP contribution in [0.2, 0.25) is 0 Å². The smallest absolute Gasteiger partial charge is 0.273 e. The van der Waals surface area contributed by atoms with Gasteiger partial charge in [-0.2, -0.15) is 0 Å². The summed E-state index contributed by atoms with van der Waals surface area (Å²) in [5, 5.41) is 2.83. The first kappa shape index (κ1) is 13.8. The van der Waals surface area contributed by atoms with Crippen LogP contribution in [0.5, 0.6) is 5.75 Å². The number of amides is 1. The van der Waals surface area contributed by atoms with Crippen LogP contribution >= 0.6 is 0 Å². The molecule has 1 unspecified atom stereocenters. The summed E-state index contributed by atoms with van der Waals surface area (Å²) in [6.07, 6.45) is 3.93. The summed E-state index contributed by atoms with van der Waals surface area (Å²) in [7, 11) is 0. The molecule has 2 rings (SSSR count). The quantitative estimate of drug-likeness (QED) is 0.812. The number of nitrogens with zero attached hydrogens (tertiary/aromatic N) is 1. The van der Waals surface area contributed by atoms with Crippen LogP contribution in [0.4, 0.5) is 0 Å². The van der Waals surface area contributed by atoms with E-state index in [1.807, 2.05) is 13.8 Å². The third-order valence-electron chi connectivity index (χ3n) is 3.07. The van der Waals surface area contributed by atoms with Gasteiger partial charge >= 0.3 is 0 Å². The molecule has 0 radical (unpaired) electrons. The van der Waals surface area contributed by atoms with E-state index in [1.165, 1.54) is 12.8 Å². The van der Waals surface area contributed by atoms with Crippen molar-refractivity contribution >= 4 is 5.91 Å². The molecule has 0 spiro atoms. The van der Waals surface area contributed by atoms with E-state index in [9.17, 15) is 4.79 Å². The van der Waals surface area contributed by atoms with Crippen molar-refractivity contribution in [2.24, 2.45) is 11.7 Å². The van der Waals surface area contributed by atoms with Crippen LogP contribution in [0.25, 0.3) is 0 Å². The highest BCUT2D eigenvalue weighted by Crippen LogP contribution is 2.31. The molecule has 0 bridgehead atoms. The normalized spacial score (nSPS) is 16.2. The lowest BCUT2D eigenvalue weighted by Crippen LogP contribution is -2.39. The number of carbonyl (C=O) groups is 1. The molecule has 1 aromatic heterocycles. The Bertz CT molecular complexity index is 444. The average molecular weight is 263 g/mol. The van der Waals surface area contributed by atoms with Gasteiger partial charge in [-0.05, 0) is 44.7 Å². The van der Waals surface area contributed by atoms with E-state index in [0.717, 1.165) is 0 Å². The van der Waals surface area contributed by atoms with Gasteiger partial charge in [-0.3, -0.25) is 4.79 Å². The maximum Gasteiger partial charge on any atom is 0.273 e. The molecular formula is C14H21N3O2. The van der Waals surface area contributed by atoms with Gasteiger partial charge in [0.25, 0.3) is 5.91 Å². The number of aromatic nitrogens is 1. The van der Waals surface area contributed by atoms with Crippen molar-refractivity contribution < 1.29 is 9.53 Å². The van der Waals surface area contributed by atoms with Gasteiger partial charge in [0.1, 0.15) is 0 Å². The summed E-state index contributed by atoms with van der Waals surface area (Å²) < 4.78 is 5.58. The molecule has 1 aliphatic carbocycles. The van der Waals surface area contributed by atoms with Crippen molar-refractivity contribution in [2.75, 3.05) is 6.54 Å². The van der Waals surface area contributed by atoms with Crippen LogP contribution in [-0.4, -0.2) is 29.6 Å². The van der Waals surface area contributed by atoms with Gasteiger partial charge in [-0.25, -0.2) is 4.98 Å². The fraction of sp³-hybridized carbons (Fsp3) is 0.571. The molecule has 3 N–H and O–H groups in total. The number of pyridine rings is 1. The van der Waals surface area contributed by atoms with Crippen molar-refractivity contribution in [3.8, 4) is 5.75 Å². The molecule has 1 saturated carbocycles. The van der Waals surface area contributed by atoms with E-state index >= 15 is 0 Å². The molecule has 104 valence electrons. The minimum absolute atomic E-state index is 0.00414. The summed E-state index contributed by atoms with van der Waals surface area (Å²) in [5.41, 5.74) is 6.28. The van der Waals surface area contributed by atoms with Crippen LogP contribution < -0.4 is 15.8 Å². The molecule has 1 aromatic rings. The minimum atomic E-state index is -0.229. The zero-order valence-corrected chi connectivity index (χ0v) is 11.4. The second-order valence-electron chi connectivity index (χ2n) is 5.23. The van der Waals surface area contributed by atoms with E-state index in [2.05, 4.69) is 10.3 Å². The molecule has 1 aliphatic rings. The van der Waals surface area contributed by atoms with Gasteiger partial charge in [-0.15, -0.1) is 0 Å². The van der Waals surface area contributed by atoms with Crippen molar-refractivity contribution in [1.82, 2.24) is 10.3 Å².